The van der Waals surface area contributed by atoms with Crippen molar-refractivity contribution in [2.75, 3.05) is 18.5 Å². The molecule has 6 nitrogen and oxygen atoms in total. The average molecular weight is 495 g/mol. The van der Waals surface area contributed by atoms with Gasteiger partial charge in [-0.25, -0.2) is 13.1 Å². The summed E-state index contributed by atoms with van der Waals surface area (Å²) in [6.45, 7) is -1.32. The van der Waals surface area contributed by atoms with Crippen LogP contribution >= 0.6 is 15.9 Å². The number of carbonyl (C=O) groups is 1. The molecule has 0 heterocycles. The van der Waals surface area contributed by atoms with Gasteiger partial charge in [0.2, 0.25) is 15.9 Å². The second-order valence-electron chi connectivity index (χ2n) is 5.92. The van der Waals surface area contributed by atoms with Gasteiger partial charge in [0, 0.05) is 16.6 Å². The lowest BCUT2D eigenvalue weighted by Gasteiger charge is -2.10. The number of hydrogen-bond donors (Lipinski definition) is 2. The van der Waals surface area contributed by atoms with Crippen LogP contribution in [0.1, 0.15) is 12.8 Å². The van der Waals surface area contributed by atoms with Crippen molar-refractivity contribution in [2.45, 2.75) is 23.9 Å². The van der Waals surface area contributed by atoms with Crippen LogP contribution in [0, 0.1) is 0 Å². The topological polar surface area (TPSA) is 84.5 Å². The number of amides is 1. The van der Waals surface area contributed by atoms with Crippen LogP contribution in [0.25, 0.3) is 0 Å². The predicted molar refractivity (Wildman–Crippen MR) is 105 cm³/mol. The van der Waals surface area contributed by atoms with Crippen LogP contribution in [0.3, 0.4) is 0 Å². The standard InChI is InChI=1S/C18H18BrF3N2O4S/c19-13-3-1-4-15(11-13)28-10-2-5-17(25)24-14-6-8-16(9-7-14)29(26,27)23-12-18(20,21)22/h1,3-4,6-9,11,23H,2,5,10,12H2,(H,24,25). The van der Waals surface area contributed by atoms with Crippen molar-refractivity contribution in [3.63, 3.8) is 0 Å². The molecule has 0 spiro atoms. The summed E-state index contributed by atoms with van der Waals surface area (Å²) in [5.41, 5.74) is 0.331. The second-order valence-corrected chi connectivity index (χ2v) is 8.60. The first kappa shape index (κ1) is 23.2. The van der Waals surface area contributed by atoms with Crippen molar-refractivity contribution in [3.8, 4) is 5.75 Å². The van der Waals surface area contributed by atoms with Gasteiger partial charge in [-0.1, -0.05) is 22.0 Å². The van der Waals surface area contributed by atoms with Crippen molar-refractivity contribution in [1.29, 1.82) is 0 Å². The lowest BCUT2D eigenvalue weighted by molar-refractivity contribution is -0.121. The molecule has 0 aliphatic rings. The van der Waals surface area contributed by atoms with E-state index in [0.717, 1.165) is 16.6 Å². The van der Waals surface area contributed by atoms with Gasteiger partial charge in [0.15, 0.2) is 0 Å². The van der Waals surface area contributed by atoms with E-state index in [1.54, 1.807) is 12.1 Å². The maximum absolute atomic E-state index is 12.2. The van der Waals surface area contributed by atoms with E-state index < -0.39 is 22.7 Å². The number of rotatable bonds is 9. The maximum atomic E-state index is 12.2. The Morgan fingerprint density at radius 3 is 2.41 bits per heavy atom. The number of halogens is 4. The van der Waals surface area contributed by atoms with Gasteiger partial charge >= 0.3 is 6.18 Å². The van der Waals surface area contributed by atoms with Gasteiger partial charge in [-0.2, -0.15) is 13.2 Å². The molecular weight excluding hydrogens is 477 g/mol. The van der Waals surface area contributed by atoms with E-state index in [4.69, 9.17) is 4.74 Å². The van der Waals surface area contributed by atoms with Gasteiger partial charge in [0.1, 0.15) is 12.3 Å². The van der Waals surface area contributed by atoms with E-state index in [0.29, 0.717) is 24.5 Å². The number of hydrogen-bond acceptors (Lipinski definition) is 4. The summed E-state index contributed by atoms with van der Waals surface area (Å²) >= 11 is 3.33. The third-order valence-electron chi connectivity index (χ3n) is 3.52. The van der Waals surface area contributed by atoms with Gasteiger partial charge < -0.3 is 10.1 Å². The summed E-state index contributed by atoms with van der Waals surface area (Å²) in [7, 11) is -4.29. The Labute approximate surface area is 174 Å². The minimum absolute atomic E-state index is 0.182. The normalized spacial score (nSPS) is 11.9. The number of carbonyl (C=O) groups excluding carboxylic acids is 1. The zero-order valence-corrected chi connectivity index (χ0v) is 17.4. The van der Waals surface area contributed by atoms with Crippen LogP contribution < -0.4 is 14.8 Å². The predicted octanol–water partition coefficient (Wildman–Crippen LogP) is 4.09. The van der Waals surface area contributed by atoms with Crippen LogP contribution in [0.2, 0.25) is 0 Å². The molecule has 0 saturated heterocycles. The van der Waals surface area contributed by atoms with E-state index in [9.17, 15) is 26.4 Å². The van der Waals surface area contributed by atoms with Gasteiger partial charge in [-0.05, 0) is 48.9 Å². The Morgan fingerprint density at radius 1 is 1.10 bits per heavy atom. The quantitative estimate of drug-likeness (QED) is 0.514. The SMILES string of the molecule is O=C(CCCOc1cccc(Br)c1)Nc1ccc(S(=O)(=O)NCC(F)(F)F)cc1. The van der Waals surface area contributed by atoms with Crippen LogP contribution in [0.15, 0.2) is 57.9 Å². The van der Waals surface area contributed by atoms with Crippen molar-refractivity contribution in [1.82, 2.24) is 4.72 Å². The number of sulfonamides is 1. The van der Waals surface area contributed by atoms with Crippen molar-refractivity contribution in [3.05, 3.63) is 53.0 Å². The van der Waals surface area contributed by atoms with Crippen LogP contribution in [0.4, 0.5) is 18.9 Å². The molecule has 0 unspecified atom stereocenters. The molecule has 29 heavy (non-hydrogen) atoms. The van der Waals surface area contributed by atoms with Crippen molar-refractivity contribution in [2.24, 2.45) is 0 Å². The van der Waals surface area contributed by atoms with Gasteiger partial charge in [-0.15, -0.1) is 0 Å². The van der Waals surface area contributed by atoms with E-state index in [-0.39, 0.29) is 17.2 Å². The third-order valence-corrected chi connectivity index (χ3v) is 5.43. The first-order valence-electron chi connectivity index (χ1n) is 8.40. The molecule has 11 heteroatoms. The van der Waals surface area contributed by atoms with Gasteiger partial charge in [0.05, 0.1) is 11.5 Å². The summed E-state index contributed by atoms with van der Waals surface area (Å²) in [4.78, 5) is 11.6. The number of alkyl halides is 3. The summed E-state index contributed by atoms with van der Waals surface area (Å²) in [6.07, 6.45) is -4.00. The minimum Gasteiger partial charge on any atom is -0.494 e. The largest absolute Gasteiger partial charge is 0.494 e. The lowest BCUT2D eigenvalue weighted by atomic mass is 10.2. The Hall–Kier alpha value is -2.11. The summed E-state index contributed by atoms with van der Waals surface area (Å²) in [6, 6.07) is 12.1. The van der Waals surface area contributed by atoms with E-state index in [1.165, 1.54) is 16.9 Å². The molecule has 0 fully saturated rings. The smallest absolute Gasteiger partial charge is 0.402 e. The average Bonchev–Trinajstić information content (AvgIpc) is 2.64. The summed E-state index contributed by atoms with van der Waals surface area (Å²) in [5.74, 6) is 0.379. The number of ether oxygens (including phenoxy) is 1. The Bertz CT molecular complexity index is 935. The van der Waals surface area contributed by atoms with Crippen LogP contribution in [0.5, 0.6) is 5.75 Å². The molecular formula is C18H18BrF3N2O4S. The molecule has 1 amide bonds. The first-order chi connectivity index (χ1) is 13.5. The molecule has 0 aromatic heterocycles. The highest BCUT2D eigenvalue weighted by Crippen LogP contribution is 2.19. The van der Waals surface area contributed by atoms with E-state index in [2.05, 4.69) is 21.2 Å². The zero-order chi connectivity index (χ0) is 21.5. The van der Waals surface area contributed by atoms with Gasteiger partial charge in [-0.3, -0.25) is 4.79 Å². The number of anilines is 1. The summed E-state index contributed by atoms with van der Waals surface area (Å²) in [5, 5.41) is 2.59. The second kappa shape index (κ2) is 10.1. The Kier molecular flexibility index (Phi) is 8.05. The van der Waals surface area contributed by atoms with E-state index >= 15 is 0 Å². The molecule has 2 N–H and O–H groups in total. The molecule has 0 aliphatic carbocycles. The number of nitrogens with one attached hydrogen (secondary N) is 2. The summed E-state index contributed by atoms with van der Waals surface area (Å²) < 4.78 is 68.0. The van der Waals surface area contributed by atoms with Crippen LogP contribution in [-0.2, 0) is 14.8 Å². The first-order valence-corrected chi connectivity index (χ1v) is 10.7. The lowest BCUT2D eigenvalue weighted by Crippen LogP contribution is -2.33. The third kappa shape index (κ3) is 8.42. The molecule has 2 aromatic rings. The fourth-order valence-electron chi connectivity index (χ4n) is 2.18. The fourth-order valence-corrected chi connectivity index (χ4v) is 3.57. The highest BCUT2D eigenvalue weighted by atomic mass is 79.9. The monoisotopic (exact) mass is 494 g/mol. The molecule has 158 valence electrons. The molecule has 0 radical (unpaired) electrons. The zero-order valence-electron chi connectivity index (χ0n) is 15.0. The van der Waals surface area contributed by atoms with E-state index in [1.807, 2.05) is 12.1 Å². The highest BCUT2D eigenvalue weighted by Gasteiger charge is 2.30. The van der Waals surface area contributed by atoms with Crippen molar-refractivity contribution >= 4 is 37.5 Å². The Morgan fingerprint density at radius 2 is 1.79 bits per heavy atom. The minimum atomic E-state index is -4.65. The van der Waals surface area contributed by atoms with Gasteiger partial charge in [0.25, 0.3) is 0 Å². The molecule has 0 saturated carbocycles. The Balaban J connectivity index is 1.79. The maximum Gasteiger partial charge on any atom is 0.402 e. The highest BCUT2D eigenvalue weighted by molar-refractivity contribution is 9.10. The molecule has 2 aromatic carbocycles. The van der Waals surface area contributed by atoms with Crippen LogP contribution in [-0.4, -0.2) is 33.7 Å². The molecule has 0 aliphatic heterocycles. The molecule has 0 bridgehead atoms. The van der Waals surface area contributed by atoms with Crippen molar-refractivity contribution < 1.29 is 31.1 Å². The fraction of sp³-hybridized carbons (Fsp3) is 0.278. The molecule has 2 rings (SSSR count). The number of benzene rings is 2. The molecule has 0 atom stereocenters.